The van der Waals surface area contributed by atoms with Gasteiger partial charge in [-0.2, -0.15) is 0 Å². The van der Waals surface area contributed by atoms with Gasteiger partial charge in [0.2, 0.25) is 5.92 Å². The number of carboxylic acid groups (broad SMARTS) is 1. The number of ether oxygens (including phenoxy) is 1. The zero-order valence-electron chi connectivity index (χ0n) is 14.0. The van der Waals surface area contributed by atoms with Gasteiger partial charge in [0, 0.05) is 19.4 Å². The van der Waals surface area contributed by atoms with Gasteiger partial charge in [-0.1, -0.05) is 13.8 Å². The normalized spacial score (nSPS) is 27.5. The zero-order chi connectivity index (χ0) is 18.3. The Morgan fingerprint density at radius 1 is 1.33 bits per heavy atom. The highest BCUT2D eigenvalue weighted by molar-refractivity contribution is 5.74. The summed E-state index contributed by atoms with van der Waals surface area (Å²) in [4.78, 5) is 24.3. The van der Waals surface area contributed by atoms with E-state index < -0.39 is 41.7 Å². The number of nitrogens with one attached hydrogen (secondary N) is 1. The van der Waals surface area contributed by atoms with Crippen molar-refractivity contribution in [2.24, 2.45) is 11.3 Å². The van der Waals surface area contributed by atoms with E-state index in [1.165, 1.54) is 12.0 Å². The minimum atomic E-state index is -2.77. The van der Waals surface area contributed by atoms with Crippen LogP contribution in [0, 0.1) is 11.3 Å². The number of alkyl carbamates (subject to hydrolysis) is 1. The number of methoxy groups -OCH3 is 1. The van der Waals surface area contributed by atoms with E-state index in [0.717, 1.165) is 0 Å². The zero-order valence-corrected chi connectivity index (χ0v) is 14.0. The number of aliphatic carboxylic acids is 1. The number of alkyl halides is 2. The number of aliphatic hydroxyl groups excluding tert-OH is 1. The molecule has 1 spiro atoms. The number of hydrogen-bond acceptors (Lipinski definition) is 5. The molecule has 0 radical (unpaired) electrons. The third-order valence-corrected chi connectivity index (χ3v) is 4.95. The van der Waals surface area contributed by atoms with Gasteiger partial charge in [0.1, 0.15) is 12.3 Å². The van der Waals surface area contributed by atoms with Crippen LogP contribution in [-0.2, 0) is 9.53 Å². The number of hydrogen-bond donors (Lipinski definition) is 3. The first-order chi connectivity index (χ1) is 11.0. The summed E-state index contributed by atoms with van der Waals surface area (Å²) in [6, 6.07) is -1.84. The highest BCUT2D eigenvalue weighted by Crippen LogP contribution is 2.58. The number of nitrogens with zero attached hydrogens (tertiary/aromatic N) is 1. The van der Waals surface area contributed by atoms with Gasteiger partial charge >= 0.3 is 12.1 Å². The summed E-state index contributed by atoms with van der Waals surface area (Å²) in [6.45, 7) is 3.57. The van der Waals surface area contributed by atoms with Gasteiger partial charge in [-0.3, -0.25) is 9.69 Å². The van der Waals surface area contributed by atoms with Gasteiger partial charge in [0.25, 0.3) is 0 Å². The average Bonchev–Trinajstić information content (AvgIpc) is 2.82. The Bertz CT molecular complexity index is 506. The van der Waals surface area contributed by atoms with Crippen LogP contribution in [0.25, 0.3) is 0 Å². The molecule has 1 aliphatic heterocycles. The molecule has 1 amide bonds. The van der Waals surface area contributed by atoms with Crippen molar-refractivity contribution in [2.75, 3.05) is 13.7 Å². The molecular weight excluding hydrogens is 326 g/mol. The average molecular weight is 350 g/mol. The van der Waals surface area contributed by atoms with E-state index in [9.17, 15) is 28.6 Å². The monoisotopic (exact) mass is 350 g/mol. The summed E-state index contributed by atoms with van der Waals surface area (Å²) in [5.74, 6) is -4.15. The Hall–Kier alpha value is -1.48. The van der Waals surface area contributed by atoms with Crippen LogP contribution in [0.15, 0.2) is 0 Å². The number of carbonyl (C=O) groups is 2. The van der Waals surface area contributed by atoms with Crippen LogP contribution in [0.2, 0.25) is 0 Å². The molecule has 0 aromatic heterocycles. The summed E-state index contributed by atoms with van der Waals surface area (Å²) in [7, 11) is 1.18. The number of carbonyl (C=O) groups excluding carboxylic acids is 1. The van der Waals surface area contributed by atoms with Crippen LogP contribution in [0.5, 0.6) is 0 Å². The molecular formula is C15H24F2N2O5. The standard InChI is InChI=1S/C15H24F2N2O5/c1-8(2)10(18-13(23)24-3)11(20)19-7-14(4-9(19)12(21)22)5-15(16,17)6-14/h8-11,20H,4-7H2,1-3H3,(H,18,23)(H,21,22)/t9-,10-,11?/m0/s1. The Morgan fingerprint density at radius 3 is 2.33 bits per heavy atom. The van der Waals surface area contributed by atoms with E-state index in [1.807, 2.05) is 0 Å². The lowest BCUT2D eigenvalue weighted by molar-refractivity contribution is -0.160. The largest absolute Gasteiger partial charge is 0.480 e. The van der Waals surface area contributed by atoms with Gasteiger partial charge in [-0.25, -0.2) is 13.6 Å². The fraction of sp³-hybridized carbons (Fsp3) is 0.867. The lowest BCUT2D eigenvalue weighted by Crippen LogP contribution is -2.57. The van der Waals surface area contributed by atoms with Crippen LogP contribution in [0.4, 0.5) is 13.6 Å². The summed E-state index contributed by atoms with van der Waals surface area (Å²) in [5.41, 5.74) is -0.791. The molecule has 2 rings (SSSR count). The maximum Gasteiger partial charge on any atom is 0.407 e. The van der Waals surface area contributed by atoms with Crippen LogP contribution in [-0.4, -0.2) is 65.1 Å². The van der Waals surface area contributed by atoms with Gasteiger partial charge in [-0.15, -0.1) is 0 Å². The van der Waals surface area contributed by atoms with E-state index >= 15 is 0 Å². The summed E-state index contributed by atoms with van der Waals surface area (Å²) in [5, 5.41) is 22.5. The second kappa shape index (κ2) is 6.44. The first-order valence-electron chi connectivity index (χ1n) is 7.89. The Balaban J connectivity index is 2.17. The molecule has 0 bridgehead atoms. The third kappa shape index (κ3) is 3.61. The number of rotatable bonds is 5. The molecule has 7 nitrogen and oxygen atoms in total. The van der Waals surface area contributed by atoms with Crippen molar-refractivity contribution in [3.8, 4) is 0 Å². The van der Waals surface area contributed by atoms with Crippen LogP contribution in [0.3, 0.4) is 0 Å². The number of aliphatic hydroxyl groups is 1. The number of likely N-dealkylation sites (tertiary alicyclic amines) is 1. The highest BCUT2D eigenvalue weighted by atomic mass is 19.3. The summed E-state index contributed by atoms with van der Waals surface area (Å²) >= 11 is 0. The lowest BCUT2D eigenvalue weighted by Gasteiger charge is -2.45. The second-order valence-electron chi connectivity index (χ2n) is 7.26. The van der Waals surface area contributed by atoms with Crippen molar-refractivity contribution in [1.82, 2.24) is 10.2 Å². The van der Waals surface area contributed by atoms with E-state index in [-0.39, 0.29) is 31.7 Å². The maximum atomic E-state index is 13.3. The van der Waals surface area contributed by atoms with Gasteiger partial charge in [-0.05, 0) is 17.8 Å². The van der Waals surface area contributed by atoms with Gasteiger partial charge in [0.15, 0.2) is 0 Å². The van der Waals surface area contributed by atoms with Crippen LogP contribution in [0.1, 0.15) is 33.1 Å². The minimum absolute atomic E-state index is 0.0623. The number of amides is 1. The molecule has 1 saturated heterocycles. The van der Waals surface area contributed by atoms with Gasteiger partial charge < -0.3 is 20.3 Å². The Morgan fingerprint density at radius 2 is 1.92 bits per heavy atom. The molecule has 0 aromatic rings. The van der Waals surface area contributed by atoms with Crippen molar-refractivity contribution in [2.45, 2.75) is 57.3 Å². The van der Waals surface area contributed by atoms with Crippen molar-refractivity contribution in [3.63, 3.8) is 0 Å². The predicted octanol–water partition coefficient (Wildman–Crippen LogP) is 1.26. The summed E-state index contributed by atoms with van der Waals surface area (Å²) < 4.78 is 31.1. The topological polar surface area (TPSA) is 99.1 Å². The molecule has 3 N–H and O–H groups in total. The van der Waals surface area contributed by atoms with Crippen molar-refractivity contribution in [1.29, 1.82) is 0 Å². The molecule has 3 atom stereocenters. The quantitative estimate of drug-likeness (QED) is 0.690. The molecule has 138 valence electrons. The molecule has 24 heavy (non-hydrogen) atoms. The van der Waals surface area contributed by atoms with E-state index in [0.29, 0.717) is 0 Å². The van der Waals surface area contributed by atoms with Crippen molar-refractivity contribution >= 4 is 12.1 Å². The predicted molar refractivity (Wildman–Crippen MR) is 79.5 cm³/mol. The Labute approximate surface area is 139 Å². The first-order valence-corrected chi connectivity index (χ1v) is 7.89. The minimum Gasteiger partial charge on any atom is -0.480 e. The molecule has 1 unspecified atom stereocenters. The smallest absolute Gasteiger partial charge is 0.407 e. The molecule has 1 aliphatic carbocycles. The van der Waals surface area contributed by atoms with Crippen molar-refractivity contribution < 1.29 is 33.3 Å². The first kappa shape index (κ1) is 18.9. The molecule has 2 fully saturated rings. The van der Waals surface area contributed by atoms with Crippen molar-refractivity contribution in [3.05, 3.63) is 0 Å². The SMILES string of the molecule is COC(=O)N[C@@H](C(C)C)C(O)N1CC2(C[C@H]1C(=O)O)CC(F)(F)C2. The molecule has 1 saturated carbocycles. The fourth-order valence-electron chi connectivity index (χ4n) is 3.88. The molecule has 1 heterocycles. The molecule has 0 aromatic carbocycles. The van der Waals surface area contributed by atoms with E-state index in [1.54, 1.807) is 13.8 Å². The summed E-state index contributed by atoms with van der Waals surface area (Å²) in [6.07, 6.45) is -2.73. The fourth-order valence-corrected chi connectivity index (χ4v) is 3.88. The number of halogens is 2. The van der Waals surface area contributed by atoms with Crippen LogP contribution < -0.4 is 5.32 Å². The van der Waals surface area contributed by atoms with E-state index in [4.69, 9.17) is 0 Å². The maximum absolute atomic E-state index is 13.3. The Kier molecular flexibility index (Phi) is 5.06. The lowest BCUT2D eigenvalue weighted by atomic mass is 9.65. The van der Waals surface area contributed by atoms with E-state index in [2.05, 4.69) is 10.1 Å². The third-order valence-electron chi connectivity index (χ3n) is 4.95. The number of carboxylic acids is 1. The molecule has 9 heteroatoms. The van der Waals surface area contributed by atoms with Gasteiger partial charge in [0.05, 0.1) is 13.2 Å². The second-order valence-corrected chi connectivity index (χ2v) is 7.26. The highest BCUT2D eigenvalue weighted by Gasteiger charge is 2.63. The molecule has 2 aliphatic rings. The van der Waals surface area contributed by atoms with Crippen LogP contribution >= 0.6 is 0 Å².